The van der Waals surface area contributed by atoms with Crippen LogP contribution in [0.3, 0.4) is 0 Å². The Morgan fingerprint density at radius 1 is 1.41 bits per heavy atom. The van der Waals surface area contributed by atoms with Gasteiger partial charge in [0, 0.05) is 19.7 Å². The van der Waals surface area contributed by atoms with Crippen molar-refractivity contribution in [1.29, 1.82) is 0 Å². The quantitative estimate of drug-likeness (QED) is 0.377. The van der Waals surface area contributed by atoms with Crippen LogP contribution in [0.1, 0.15) is 27.2 Å². The molecule has 0 saturated heterocycles. The van der Waals surface area contributed by atoms with E-state index in [-0.39, 0.29) is 6.04 Å². The molecule has 102 valence electrons. The highest BCUT2D eigenvalue weighted by molar-refractivity contribution is 7.99. The lowest BCUT2D eigenvalue weighted by Gasteiger charge is -2.12. The van der Waals surface area contributed by atoms with Gasteiger partial charge in [0.25, 0.3) is 0 Å². The molecule has 0 aromatic carbocycles. The van der Waals surface area contributed by atoms with Gasteiger partial charge in [-0.3, -0.25) is 4.99 Å². The van der Waals surface area contributed by atoms with E-state index in [9.17, 15) is 0 Å². The molecule has 0 aromatic heterocycles. The van der Waals surface area contributed by atoms with E-state index in [1.165, 1.54) is 5.75 Å². The molecule has 0 bridgehead atoms. The zero-order valence-corrected chi connectivity index (χ0v) is 12.3. The monoisotopic (exact) mass is 261 g/mol. The molecule has 0 heterocycles. The van der Waals surface area contributed by atoms with Crippen molar-refractivity contribution in [3.05, 3.63) is 0 Å². The van der Waals surface area contributed by atoms with Crippen LogP contribution in [0.2, 0.25) is 0 Å². The maximum atomic E-state index is 5.74. The molecule has 1 atom stereocenters. The SMILES string of the molecule is COCC(C)NC(N)=NCCCSCC(C)C. The average molecular weight is 261 g/mol. The van der Waals surface area contributed by atoms with Gasteiger partial charge in [0.05, 0.1) is 6.61 Å². The van der Waals surface area contributed by atoms with Crippen molar-refractivity contribution in [2.45, 2.75) is 33.2 Å². The normalized spacial score (nSPS) is 14.1. The second-order valence-corrected chi connectivity index (χ2v) is 5.74. The first kappa shape index (κ1) is 16.6. The molecule has 0 aliphatic rings. The van der Waals surface area contributed by atoms with Crippen LogP contribution in [0.5, 0.6) is 0 Å². The second-order valence-electron chi connectivity index (χ2n) is 4.59. The molecule has 1 unspecified atom stereocenters. The molecular weight excluding hydrogens is 234 g/mol. The topological polar surface area (TPSA) is 59.6 Å². The number of hydrogen-bond acceptors (Lipinski definition) is 3. The number of hydrogen-bond donors (Lipinski definition) is 2. The van der Waals surface area contributed by atoms with E-state index >= 15 is 0 Å². The zero-order chi connectivity index (χ0) is 13.1. The molecule has 0 amide bonds. The van der Waals surface area contributed by atoms with Crippen LogP contribution in [0.25, 0.3) is 0 Å². The summed E-state index contributed by atoms with van der Waals surface area (Å²) in [5.41, 5.74) is 5.74. The van der Waals surface area contributed by atoms with E-state index < -0.39 is 0 Å². The lowest BCUT2D eigenvalue weighted by atomic mass is 10.3. The van der Waals surface area contributed by atoms with Gasteiger partial charge in [-0.05, 0) is 30.8 Å². The lowest BCUT2D eigenvalue weighted by Crippen LogP contribution is -2.40. The molecule has 0 radical (unpaired) electrons. The van der Waals surface area contributed by atoms with Crippen LogP contribution in [-0.4, -0.2) is 43.8 Å². The lowest BCUT2D eigenvalue weighted by molar-refractivity contribution is 0.179. The van der Waals surface area contributed by atoms with Crippen LogP contribution in [0, 0.1) is 5.92 Å². The molecule has 5 heteroatoms. The molecule has 0 rings (SSSR count). The fourth-order valence-electron chi connectivity index (χ4n) is 1.27. The average Bonchev–Trinajstić information content (AvgIpc) is 2.23. The van der Waals surface area contributed by atoms with Gasteiger partial charge in [0.15, 0.2) is 5.96 Å². The number of aliphatic imine (C=N–C) groups is 1. The summed E-state index contributed by atoms with van der Waals surface area (Å²) in [5.74, 6) is 3.67. The fraction of sp³-hybridized carbons (Fsp3) is 0.917. The second kappa shape index (κ2) is 10.7. The summed E-state index contributed by atoms with van der Waals surface area (Å²) in [5, 5.41) is 3.09. The van der Waals surface area contributed by atoms with Crippen molar-refractivity contribution in [2.75, 3.05) is 31.8 Å². The van der Waals surface area contributed by atoms with Crippen molar-refractivity contribution >= 4 is 17.7 Å². The highest BCUT2D eigenvalue weighted by atomic mass is 32.2. The molecule has 0 aliphatic heterocycles. The zero-order valence-electron chi connectivity index (χ0n) is 11.5. The Kier molecular flexibility index (Phi) is 10.5. The Hall–Kier alpha value is -0.420. The highest BCUT2D eigenvalue weighted by Gasteiger charge is 2.00. The summed E-state index contributed by atoms with van der Waals surface area (Å²) in [6.07, 6.45) is 1.08. The van der Waals surface area contributed by atoms with Crippen LogP contribution in [0.4, 0.5) is 0 Å². The van der Waals surface area contributed by atoms with E-state index in [1.807, 2.05) is 18.7 Å². The van der Waals surface area contributed by atoms with E-state index in [2.05, 4.69) is 24.2 Å². The molecular formula is C12H27N3OS. The Balaban J connectivity index is 3.49. The van der Waals surface area contributed by atoms with Crippen molar-refractivity contribution in [3.63, 3.8) is 0 Å². The van der Waals surface area contributed by atoms with Crippen molar-refractivity contribution in [3.8, 4) is 0 Å². The Morgan fingerprint density at radius 3 is 2.71 bits per heavy atom. The number of nitrogens with one attached hydrogen (secondary N) is 1. The van der Waals surface area contributed by atoms with Crippen LogP contribution < -0.4 is 11.1 Å². The molecule has 17 heavy (non-hydrogen) atoms. The molecule has 0 aliphatic carbocycles. The van der Waals surface area contributed by atoms with Crippen LogP contribution in [-0.2, 0) is 4.74 Å². The number of ether oxygens (including phenoxy) is 1. The standard InChI is InChI=1S/C12H27N3OS/c1-10(2)9-17-7-5-6-14-12(13)15-11(3)8-16-4/h10-11H,5-9H2,1-4H3,(H3,13,14,15). The molecule has 0 fully saturated rings. The fourth-order valence-corrected chi connectivity index (χ4v) is 2.25. The van der Waals surface area contributed by atoms with Gasteiger partial charge in [-0.2, -0.15) is 11.8 Å². The summed E-state index contributed by atoms with van der Waals surface area (Å²) >= 11 is 1.98. The first-order valence-corrected chi connectivity index (χ1v) is 7.34. The maximum absolute atomic E-state index is 5.74. The largest absolute Gasteiger partial charge is 0.383 e. The predicted octanol–water partition coefficient (Wildman–Crippen LogP) is 1.70. The number of nitrogens with zero attached hydrogens (tertiary/aromatic N) is 1. The van der Waals surface area contributed by atoms with E-state index in [1.54, 1.807) is 7.11 Å². The first-order chi connectivity index (χ1) is 8.06. The predicted molar refractivity (Wildman–Crippen MR) is 77.7 cm³/mol. The minimum absolute atomic E-state index is 0.207. The summed E-state index contributed by atoms with van der Waals surface area (Å²) in [6, 6.07) is 0.207. The Morgan fingerprint density at radius 2 is 2.12 bits per heavy atom. The molecule has 0 aromatic rings. The number of methoxy groups -OCH3 is 1. The van der Waals surface area contributed by atoms with Gasteiger partial charge in [0.1, 0.15) is 0 Å². The van der Waals surface area contributed by atoms with Gasteiger partial charge in [-0.25, -0.2) is 0 Å². The molecule has 4 nitrogen and oxygen atoms in total. The maximum Gasteiger partial charge on any atom is 0.188 e. The molecule has 3 N–H and O–H groups in total. The third kappa shape index (κ3) is 11.8. The number of rotatable bonds is 9. The third-order valence-corrected chi connectivity index (χ3v) is 3.47. The van der Waals surface area contributed by atoms with Gasteiger partial charge in [0.2, 0.25) is 0 Å². The molecule has 0 spiro atoms. The third-order valence-electron chi connectivity index (χ3n) is 1.99. The van der Waals surface area contributed by atoms with Crippen LogP contribution in [0.15, 0.2) is 4.99 Å². The summed E-state index contributed by atoms with van der Waals surface area (Å²) in [7, 11) is 1.68. The number of thioether (sulfide) groups is 1. The van der Waals surface area contributed by atoms with E-state index in [4.69, 9.17) is 10.5 Å². The number of nitrogens with two attached hydrogens (primary N) is 1. The van der Waals surface area contributed by atoms with Gasteiger partial charge >= 0.3 is 0 Å². The van der Waals surface area contributed by atoms with Crippen molar-refractivity contribution < 1.29 is 4.74 Å². The highest BCUT2D eigenvalue weighted by Crippen LogP contribution is 2.08. The smallest absolute Gasteiger partial charge is 0.188 e. The Labute approximate surface area is 110 Å². The summed E-state index contributed by atoms with van der Waals surface area (Å²) < 4.78 is 5.01. The van der Waals surface area contributed by atoms with E-state index in [0.717, 1.165) is 24.6 Å². The number of guanidine groups is 1. The van der Waals surface area contributed by atoms with Gasteiger partial charge < -0.3 is 15.8 Å². The van der Waals surface area contributed by atoms with E-state index in [0.29, 0.717) is 12.6 Å². The first-order valence-electron chi connectivity index (χ1n) is 6.19. The van der Waals surface area contributed by atoms with Crippen molar-refractivity contribution in [2.24, 2.45) is 16.6 Å². The summed E-state index contributed by atoms with van der Waals surface area (Å²) in [6.45, 7) is 7.93. The minimum Gasteiger partial charge on any atom is -0.383 e. The Bertz CT molecular complexity index is 210. The van der Waals surface area contributed by atoms with Gasteiger partial charge in [-0.15, -0.1) is 0 Å². The minimum atomic E-state index is 0.207. The molecule has 0 saturated carbocycles. The van der Waals surface area contributed by atoms with Gasteiger partial charge in [-0.1, -0.05) is 13.8 Å². The summed E-state index contributed by atoms with van der Waals surface area (Å²) in [4.78, 5) is 4.28. The van der Waals surface area contributed by atoms with Crippen LogP contribution >= 0.6 is 11.8 Å². The van der Waals surface area contributed by atoms with Crippen molar-refractivity contribution in [1.82, 2.24) is 5.32 Å².